The summed E-state index contributed by atoms with van der Waals surface area (Å²) in [5.74, 6) is -2.48. The van der Waals surface area contributed by atoms with Crippen molar-refractivity contribution in [3.05, 3.63) is 89.6 Å². The van der Waals surface area contributed by atoms with Gasteiger partial charge in [-0.25, -0.2) is 14.8 Å². The summed E-state index contributed by atoms with van der Waals surface area (Å²) in [6, 6.07) is 23.4. The van der Waals surface area contributed by atoms with Crippen LogP contribution in [-0.4, -0.2) is 69.4 Å². The van der Waals surface area contributed by atoms with Crippen LogP contribution in [0, 0.1) is 0 Å². The van der Waals surface area contributed by atoms with Crippen molar-refractivity contribution >= 4 is 40.5 Å². The number of hydrogen-bond donors (Lipinski definition) is 3. The summed E-state index contributed by atoms with van der Waals surface area (Å²) in [6.45, 7) is 0.668. The van der Waals surface area contributed by atoms with Crippen LogP contribution in [-0.2, 0) is 32.2 Å². The van der Waals surface area contributed by atoms with E-state index in [2.05, 4.69) is 29.6 Å². The molecule has 0 bridgehead atoms. The van der Waals surface area contributed by atoms with Gasteiger partial charge in [-0.3, -0.25) is 14.4 Å². The molecule has 3 aromatic carbocycles. The van der Waals surface area contributed by atoms with Gasteiger partial charge in [0, 0.05) is 55.3 Å². The van der Waals surface area contributed by atoms with Gasteiger partial charge in [0.25, 0.3) is 0 Å². The Kier molecular flexibility index (Phi) is 8.96. The molecule has 0 saturated carbocycles. The third-order valence-corrected chi connectivity index (χ3v) is 7.89. The molecule has 1 aliphatic rings. The Morgan fingerprint density at radius 3 is 2.11 bits per heavy atom. The maximum Gasteiger partial charge on any atom is 0.424 e. The van der Waals surface area contributed by atoms with Crippen LogP contribution >= 0.6 is 0 Å². The molecule has 5 rings (SSSR count). The number of carboxylic acid groups (broad SMARTS) is 2. The number of amides is 2. The lowest BCUT2D eigenvalue weighted by Crippen LogP contribution is -2.41. The van der Waals surface area contributed by atoms with Crippen LogP contribution < -0.4 is 5.32 Å². The molecule has 228 valence electrons. The number of nitrogens with one attached hydrogen (secondary N) is 1. The van der Waals surface area contributed by atoms with Crippen molar-refractivity contribution in [2.45, 2.75) is 38.3 Å². The molecule has 0 aliphatic heterocycles. The van der Waals surface area contributed by atoms with Gasteiger partial charge in [-0.15, -0.1) is 0 Å². The van der Waals surface area contributed by atoms with Crippen molar-refractivity contribution < 1.29 is 34.1 Å². The molecule has 1 aromatic heterocycles. The summed E-state index contributed by atoms with van der Waals surface area (Å²) in [5.41, 5.74) is 6.56. The number of carboxylic acids is 2. The van der Waals surface area contributed by atoms with Gasteiger partial charge in [0.2, 0.25) is 5.91 Å². The zero-order chi connectivity index (χ0) is 31.4. The number of ether oxygens (including phenoxy) is 1. The topological polar surface area (TPSA) is 141 Å². The second-order valence-corrected chi connectivity index (χ2v) is 10.8. The SMILES string of the molecule is CN(Cc1cc2cc(NC(=O)CCC(=O)O)ccc2n1CCC(=O)O)N(C)C(=O)OCC1c2ccccc2-c2ccccc21. The molecular formula is C33H34N4O7. The van der Waals surface area contributed by atoms with Crippen LogP contribution in [0.15, 0.2) is 72.8 Å². The molecule has 0 unspecified atom stereocenters. The molecule has 0 atom stereocenters. The predicted octanol–water partition coefficient (Wildman–Crippen LogP) is 5.15. The lowest BCUT2D eigenvalue weighted by molar-refractivity contribution is -0.138. The van der Waals surface area contributed by atoms with Gasteiger partial charge >= 0.3 is 18.0 Å². The minimum absolute atomic E-state index is 0.0672. The first kappa shape index (κ1) is 30.3. The molecule has 3 N–H and O–H groups in total. The Bertz CT molecular complexity index is 1680. The second-order valence-electron chi connectivity index (χ2n) is 10.8. The molecular weight excluding hydrogens is 564 g/mol. The van der Waals surface area contributed by atoms with Crippen LogP contribution in [0.2, 0.25) is 0 Å². The first-order chi connectivity index (χ1) is 21.1. The van der Waals surface area contributed by atoms with E-state index in [0.717, 1.165) is 38.9 Å². The maximum absolute atomic E-state index is 13.2. The predicted molar refractivity (Wildman–Crippen MR) is 164 cm³/mol. The van der Waals surface area contributed by atoms with Crippen molar-refractivity contribution in [3.8, 4) is 11.1 Å². The van der Waals surface area contributed by atoms with Crippen molar-refractivity contribution in [3.63, 3.8) is 0 Å². The largest absolute Gasteiger partial charge is 0.481 e. The number of aliphatic carboxylic acids is 2. The van der Waals surface area contributed by atoms with E-state index in [-0.39, 0.29) is 44.9 Å². The number of nitrogens with zero attached hydrogens (tertiary/aromatic N) is 3. The number of aryl methyl sites for hydroxylation is 1. The lowest BCUT2D eigenvalue weighted by atomic mass is 9.98. The standard InChI is InChI=1S/C33H34N4O7/c1-35(36(2)33(43)44-20-28-26-9-5-3-7-24(26)25-8-4-6-10-27(25)28)19-23-18-21-17-22(34-30(38)13-14-31(39)40)11-12-29(21)37(23)16-15-32(41)42/h3-12,17-18,28H,13-16,19-20H2,1-2H3,(H,34,38)(H,39,40)(H,41,42). The molecule has 0 radical (unpaired) electrons. The number of carbonyl (C=O) groups excluding carboxylic acids is 2. The van der Waals surface area contributed by atoms with Crippen molar-refractivity contribution in [1.29, 1.82) is 0 Å². The Labute approximate surface area is 254 Å². The summed E-state index contributed by atoms with van der Waals surface area (Å²) in [4.78, 5) is 47.5. The highest BCUT2D eigenvalue weighted by molar-refractivity contribution is 5.95. The van der Waals surface area contributed by atoms with Crippen molar-refractivity contribution in [2.75, 3.05) is 26.0 Å². The summed E-state index contributed by atoms with van der Waals surface area (Å²) in [5, 5.41) is 24.7. The lowest BCUT2D eigenvalue weighted by Gasteiger charge is -2.28. The average molecular weight is 599 g/mol. The second kappa shape index (κ2) is 13.0. The van der Waals surface area contributed by atoms with E-state index in [1.165, 1.54) is 5.01 Å². The zero-order valence-electron chi connectivity index (χ0n) is 24.5. The van der Waals surface area contributed by atoms with Gasteiger partial charge < -0.3 is 24.8 Å². The molecule has 2 amide bonds. The van der Waals surface area contributed by atoms with Crippen molar-refractivity contribution in [1.82, 2.24) is 14.6 Å². The summed E-state index contributed by atoms with van der Waals surface area (Å²) >= 11 is 0. The maximum atomic E-state index is 13.2. The minimum atomic E-state index is -1.05. The number of rotatable bonds is 12. The Morgan fingerprint density at radius 1 is 0.841 bits per heavy atom. The first-order valence-corrected chi connectivity index (χ1v) is 14.3. The monoisotopic (exact) mass is 598 g/mol. The van der Waals surface area contributed by atoms with Gasteiger partial charge in [0.15, 0.2) is 0 Å². The minimum Gasteiger partial charge on any atom is -0.481 e. The Hall–Kier alpha value is -5.16. The fourth-order valence-corrected chi connectivity index (χ4v) is 5.62. The molecule has 11 heteroatoms. The summed E-state index contributed by atoms with van der Waals surface area (Å²) in [7, 11) is 3.36. The zero-order valence-corrected chi connectivity index (χ0v) is 24.5. The quantitative estimate of drug-likeness (QED) is 0.190. The van der Waals surface area contributed by atoms with E-state index in [4.69, 9.17) is 9.84 Å². The summed E-state index contributed by atoms with van der Waals surface area (Å²) in [6.07, 6.45) is -1.04. The molecule has 0 spiro atoms. The number of benzene rings is 3. The number of fused-ring (bicyclic) bond motifs is 4. The normalized spacial score (nSPS) is 12.2. The molecule has 4 aromatic rings. The van der Waals surface area contributed by atoms with Crippen LogP contribution in [0.5, 0.6) is 0 Å². The van der Waals surface area contributed by atoms with E-state index >= 15 is 0 Å². The van der Waals surface area contributed by atoms with Gasteiger partial charge in [-0.1, -0.05) is 48.5 Å². The molecule has 0 fully saturated rings. The third-order valence-electron chi connectivity index (χ3n) is 7.89. The molecule has 44 heavy (non-hydrogen) atoms. The number of aromatic nitrogens is 1. The number of hydrogen-bond acceptors (Lipinski definition) is 6. The van der Waals surface area contributed by atoms with Crippen LogP contribution in [0.1, 0.15) is 42.0 Å². The van der Waals surface area contributed by atoms with E-state index in [0.29, 0.717) is 5.69 Å². The van der Waals surface area contributed by atoms with Gasteiger partial charge in [0.05, 0.1) is 19.4 Å². The Balaban J connectivity index is 1.29. The highest BCUT2D eigenvalue weighted by Crippen LogP contribution is 2.44. The van der Waals surface area contributed by atoms with Crippen molar-refractivity contribution in [2.24, 2.45) is 0 Å². The fraction of sp³-hybridized carbons (Fsp3) is 0.273. The van der Waals surface area contributed by atoms with Crippen LogP contribution in [0.3, 0.4) is 0 Å². The number of carbonyl (C=O) groups is 4. The van der Waals surface area contributed by atoms with Gasteiger partial charge in [-0.2, -0.15) is 0 Å². The van der Waals surface area contributed by atoms with E-state index in [9.17, 15) is 24.3 Å². The fourth-order valence-electron chi connectivity index (χ4n) is 5.62. The summed E-state index contributed by atoms with van der Waals surface area (Å²) < 4.78 is 7.68. The third kappa shape index (κ3) is 6.57. The molecule has 11 nitrogen and oxygen atoms in total. The number of hydrazine groups is 1. The smallest absolute Gasteiger partial charge is 0.424 e. The van der Waals surface area contributed by atoms with E-state index in [1.54, 1.807) is 37.3 Å². The highest BCUT2D eigenvalue weighted by Gasteiger charge is 2.30. The van der Waals surface area contributed by atoms with E-state index < -0.39 is 23.9 Å². The highest BCUT2D eigenvalue weighted by atomic mass is 16.6. The first-order valence-electron chi connectivity index (χ1n) is 14.3. The molecule has 0 saturated heterocycles. The van der Waals surface area contributed by atoms with Gasteiger partial charge in [0.1, 0.15) is 6.61 Å². The van der Waals surface area contributed by atoms with Gasteiger partial charge in [-0.05, 0) is 46.5 Å². The average Bonchev–Trinajstić information content (AvgIpc) is 3.51. The van der Waals surface area contributed by atoms with E-state index in [1.807, 2.05) is 34.9 Å². The van der Waals surface area contributed by atoms with Crippen LogP contribution in [0.4, 0.5) is 10.5 Å². The molecule has 1 heterocycles. The number of anilines is 1. The van der Waals surface area contributed by atoms with Crippen LogP contribution in [0.25, 0.3) is 22.0 Å². The Morgan fingerprint density at radius 2 is 1.48 bits per heavy atom. The molecule has 1 aliphatic carbocycles.